The van der Waals surface area contributed by atoms with Crippen LogP contribution in [0.4, 0.5) is 4.79 Å². The summed E-state index contributed by atoms with van der Waals surface area (Å²) in [7, 11) is 5.24. The van der Waals surface area contributed by atoms with Gasteiger partial charge in [-0.3, -0.25) is 14.4 Å². The molecule has 60 heavy (non-hydrogen) atoms. The van der Waals surface area contributed by atoms with Gasteiger partial charge in [-0.05, 0) is 93.0 Å². The second-order valence-electron chi connectivity index (χ2n) is 17.8. The fraction of sp³-hybridized carbons (Fsp3) is 0.727. The van der Waals surface area contributed by atoms with Crippen LogP contribution in [0.1, 0.15) is 93.3 Å². The number of halogens is 1. The van der Waals surface area contributed by atoms with Gasteiger partial charge in [0.05, 0.1) is 29.5 Å². The lowest BCUT2D eigenvalue weighted by Gasteiger charge is -2.47. The molecule has 1 N–H and O–H groups in total. The van der Waals surface area contributed by atoms with Crippen LogP contribution in [0.3, 0.4) is 0 Å². The standard InChI is InChI=1S/C44H66ClN5O10/c1-13-33-44(9)38(50(42(55)60-44)19-15-14-18-49-23-31(47-29(49)7)30-16-17-34(45)46-22-30)26(4)35(51)24(2)21-43(8,56-12)39(27(5)36(52)28(6)40(54)58-33)59-41-37(53)32(48(10)11)20-25(3)57-41/h16-17,22-28,32-33,37-39,41,53H,13-15,18-21H2,1-12H3/t24-,25-,26+,27+,28-,32+,33-,37-,38-,39-,41?,43+,44-/m1/s1. The molecule has 16 heteroatoms. The van der Waals surface area contributed by atoms with Crippen molar-refractivity contribution in [2.45, 2.75) is 155 Å². The van der Waals surface area contributed by atoms with Crippen LogP contribution in [0, 0.1) is 30.6 Å². The molecular formula is C44H66ClN5O10. The number of imidazole rings is 1. The van der Waals surface area contributed by atoms with E-state index >= 15 is 0 Å². The molecule has 5 rings (SSSR count). The van der Waals surface area contributed by atoms with Crippen molar-refractivity contribution in [3.63, 3.8) is 0 Å². The monoisotopic (exact) mass is 859 g/mol. The van der Waals surface area contributed by atoms with Gasteiger partial charge >= 0.3 is 12.1 Å². The van der Waals surface area contributed by atoms with Crippen LogP contribution in [0.5, 0.6) is 0 Å². The largest absolute Gasteiger partial charge is 0.458 e. The van der Waals surface area contributed by atoms with Gasteiger partial charge < -0.3 is 43.2 Å². The predicted octanol–water partition coefficient (Wildman–Crippen LogP) is 5.89. The minimum absolute atomic E-state index is 0.122. The molecular weight excluding hydrogens is 794 g/mol. The second-order valence-corrected chi connectivity index (χ2v) is 18.2. The maximum absolute atomic E-state index is 14.8. The number of aromatic nitrogens is 3. The minimum atomic E-state index is -1.42. The number of carbonyl (C=O) groups excluding carboxylic acids is 4. The molecule has 3 saturated heterocycles. The van der Waals surface area contributed by atoms with Gasteiger partial charge in [0.1, 0.15) is 34.9 Å². The fourth-order valence-corrected chi connectivity index (χ4v) is 9.79. The van der Waals surface area contributed by atoms with Crippen molar-refractivity contribution in [3.05, 3.63) is 35.5 Å². The zero-order valence-corrected chi connectivity index (χ0v) is 38.1. The molecule has 2 aromatic rings. The zero-order chi connectivity index (χ0) is 44.4. The quantitative estimate of drug-likeness (QED) is 0.123. The number of rotatable bonds is 11. The lowest BCUT2D eigenvalue weighted by atomic mass is 9.73. The average molecular weight is 860 g/mol. The van der Waals surface area contributed by atoms with Crippen molar-refractivity contribution in [3.8, 4) is 11.3 Å². The highest BCUT2D eigenvalue weighted by Crippen LogP contribution is 2.43. The smallest absolute Gasteiger partial charge is 0.410 e. The number of unbranched alkanes of at least 4 members (excludes halogenated alkanes) is 1. The average Bonchev–Trinajstić information content (AvgIpc) is 3.70. The summed E-state index contributed by atoms with van der Waals surface area (Å²) in [4.78, 5) is 69.4. The highest BCUT2D eigenvalue weighted by Gasteiger charge is 2.60. The molecule has 0 radical (unpaired) electrons. The van der Waals surface area contributed by atoms with Gasteiger partial charge in [-0.25, -0.2) is 14.8 Å². The molecule has 13 atom stereocenters. The van der Waals surface area contributed by atoms with Crippen molar-refractivity contribution in [1.29, 1.82) is 0 Å². The summed E-state index contributed by atoms with van der Waals surface area (Å²) < 4.78 is 33.3. The number of fused-ring (bicyclic) bond motifs is 1. The molecule has 2 aromatic heterocycles. The van der Waals surface area contributed by atoms with Gasteiger partial charge in [-0.2, -0.15) is 0 Å². The number of likely N-dealkylation sites (N-methyl/N-ethyl adjacent to an activating group) is 1. The van der Waals surface area contributed by atoms with Crippen LogP contribution < -0.4 is 0 Å². The molecule has 0 saturated carbocycles. The van der Waals surface area contributed by atoms with Gasteiger partial charge in [0.2, 0.25) is 0 Å². The van der Waals surface area contributed by atoms with Gasteiger partial charge in [-0.15, -0.1) is 0 Å². The molecule has 0 spiro atoms. The van der Waals surface area contributed by atoms with Crippen molar-refractivity contribution in [1.82, 2.24) is 24.3 Å². The Bertz CT molecular complexity index is 1840. The number of carbonyl (C=O) groups is 4. The lowest BCUT2D eigenvalue weighted by Crippen LogP contribution is -2.60. The van der Waals surface area contributed by atoms with Crippen molar-refractivity contribution >= 4 is 35.2 Å². The number of cyclic esters (lactones) is 1. The summed E-state index contributed by atoms with van der Waals surface area (Å²) in [6.07, 6.45) is 0.788. The van der Waals surface area contributed by atoms with E-state index in [4.69, 9.17) is 40.3 Å². The van der Waals surface area contributed by atoms with Crippen molar-refractivity contribution in [2.24, 2.45) is 23.7 Å². The Balaban J connectivity index is 1.43. The Labute approximate surface area is 359 Å². The molecule has 334 valence electrons. The number of nitrogens with zero attached hydrogens (tertiary/aromatic N) is 5. The van der Waals surface area contributed by atoms with Crippen molar-refractivity contribution in [2.75, 3.05) is 27.7 Å². The van der Waals surface area contributed by atoms with Crippen LogP contribution >= 0.6 is 11.6 Å². The normalized spacial score (nSPS) is 35.9. The number of esters is 1. The Morgan fingerprint density at radius 2 is 1.70 bits per heavy atom. The number of aryl methyl sites for hydroxylation is 2. The first-order valence-electron chi connectivity index (χ1n) is 21.3. The molecule has 1 unspecified atom stereocenters. The van der Waals surface area contributed by atoms with E-state index in [0.717, 1.165) is 17.1 Å². The number of hydrogen-bond donors (Lipinski definition) is 1. The highest BCUT2D eigenvalue weighted by atomic mass is 35.5. The first kappa shape index (κ1) is 47.6. The number of amides is 1. The van der Waals surface area contributed by atoms with E-state index in [2.05, 4.69) is 4.98 Å². The van der Waals surface area contributed by atoms with Crippen LogP contribution in [0.15, 0.2) is 24.5 Å². The summed E-state index contributed by atoms with van der Waals surface area (Å²) in [6, 6.07) is 2.50. The molecule has 5 heterocycles. The van der Waals surface area contributed by atoms with E-state index in [-0.39, 0.29) is 37.3 Å². The first-order valence-corrected chi connectivity index (χ1v) is 21.7. The van der Waals surface area contributed by atoms with Crippen molar-refractivity contribution < 1.29 is 48.0 Å². The van der Waals surface area contributed by atoms with Gasteiger partial charge in [0, 0.05) is 62.0 Å². The molecule has 0 aromatic carbocycles. The third-order valence-electron chi connectivity index (χ3n) is 13.2. The van der Waals surface area contributed by atoms with Gasteiger partial charge in [0.15, 0.2) is 17.7 Å². The number of hydrogen-bond acceptors (Lipinski definition) is 13. The van der Waals surface area contributed by atoms with Gasteiger partial charge in [-0.1, -0.05) is 39.3 Å². The number of ether oxygens (including phenoxy) is 5. The number of aliphatic hydroxyl groups is 1. The first-order chi connectivity index (χ1) is 28.2. The van der Waals surface area contributed by atoms with E-state index in [1.165, 1.54) is 14.0 Å². The Morgan fingerprint density at radius 3 is 2.32 bits per heavy atom. The molecule has 1 amide bonds. The molecule has 3 aliphatic rings. The Kier molecular flexibility index (Phi) is 15.3. The second kappa shape index (κ2) is 19.3. The van der Waals surface area contributed by atoms with Crippen LogP contribution in [0.2, 0.25) is 5.15 Å². The summed E-state index contributed by atoms with van der Waals surface area (Å²) in [6.45, 7) is 16.8. The summed E-state index contributed by atoms with van der Waals surface area (Å²) in [5.41, 5.74) is -1.07. The number of pyridine rings is 1. The Morgan fingerprint density at radius 1 is 1.02 bits per heavy atom. The van der Waals surface area contributed by atoms with E-state index < -0.39 is 83.4 Å². The Hall–Kier alpha value is -3.47. The molecule has 3 fully saturated rings. The van der Waals surface area contributed by atoms with Crippen LogP contribution in [-0.2, 0) is 44.6 Å². The summed E-state index contributed by atoms with van der Waals surface area (Å²) >= 11 is 5.98. The molecule has 0 bridgehead atoms. The fourth-order valence-electron chi connectivity index (χ4n) is 9.67. The predicted molar refractivity (Wildman–Crippen MR) is 224 cm³/mol. The minimum Gasteiger partial charge on any atom is -0.458 e. The molecule has 0 aliphatic carbocycles. The molecule has 15 nitrogen and oxygen atoms in total. The number of aliphatic hydroxyl groups excluding tert-OH is 1. The third-order valence-corrected chi connectivity index (χ3v) is 13.4. The lowest BCUT2D eigenvalue weighted by molar-refractivity contribution is -0.295. The maximum Gasteiger partial charge on any atom is 0.410 e. The van der Waals surface area contributed by atoms with E-state index in [1.54, 1.807) is 44.9 Å². The van der Waals surface area contributed by atoms with Crippen LogP contribution in [-0.4, -0.2) is 135 Å². The zero-order valence-electron chi connectivity index (χ0n) is 37.3. The highest BCUT2D eigenvalue weighted by molar-refractivity contribution is 6.29. The van der Waals surface area contributed by atoms with E-state index in [9.17, 15) is 24.3 Å². The maximum atomic E-state index is 14.8. The van der Waals surface area contributed by atoms with Crippen LogP contribution in [0.25, 0.3) is 11.3 Å². The van der Waals surface area contributed by atoms with E-state index in [0.29, 0.717) is 31.0 Å². The number of Topliss-reactive ketones (excluding diaryl/α,β-unsaturated/α-hetero) is 2. The topological polar surface area (TPSA) is 172 Å². The molecule has 3 aliphatic heterocycles. The van der Waals surface area contributed by atoms with Gasteiger partial charge in [0.25, 0.3) is 0 Å². The van der Waals surface area contributed by atoms with E-state index in [1.807, 2.05) is 63.5 Å². The number of ketones is 2. The summed E-state index contributed by atoms with van der Waals surface area (Å²) in [5, 5.41) is 11.9. The summed E-state index contributed by atoms with van der Waals surface area (Å²) in [5.74, 6) is -4.18. The SMILES string of the molecule is CC[C@H]1OC(=O)[C@H](C)C(=O)[C@H](C)[C@@H](OC2O[C@H](C)C[C@H](N(C)C)[C@H]2O)[C@@](C)(OC)C[C@@H](C)C(=O)[C@H](C)[C@H]2N(CCCCn3cc(-c4ccc(Cl)nc4)nc3C)C(=O)O[C@]12C. The number of methoxy groups -OCH3 is 1. The third kappa shape index (κ3) is 9.76.